The Labute approximate surface area is 134 Å². The number of carbonyl (C=O) groups is 1. The fraction of sp³-hybridized carbons (Fsp3) is 0. The molecular formula is C19H14ClNO. The molecule has 0 spiro atoms. The highest BCUT2D eigenvalue weighted by atomic mass is 35.5. The van der Waals surface area contributed by atoms with E-state index >= 15 is 0 Å². The van der Waals surface area contributed by atoms with Crippen molar-refractivity contribution in [2.75, 3.05) is 4.90 Å². The van der Waals surface area contributed by atoms with Crippen LogP contribution in [0.2, 0.25) is 5.02 Å². The molecule has 3 rings (SSSR count). The number of anilines is 2. The van der Waals surface area contributed by atoms with E-state index in [1.807, 2.05) is 66.7 Å². The van der Waals surface area contributed by atoms with Crippen molar-refractivity contribution in [1.82, 2.24) is 0 Å². The van der Waals surface area contributed by atoms with Crippen molar-refractivity contribution in [2.24, 2.45) is 0 Å². The second-order valence-electron chi connectivity index (χ2n) is 4.79. The summed E-state index contributed by atoms with van der Waals surface area (Å²) in [7, 11) is 0. The first kappa shape index (κ1) is 14.4. The minimum atomic E-state index is -0.111. The average molecular weight is 308 g/mol. The third-order valence-corrected chi connectivity index (χ3v) is 3.65. The summed E-state index contributed by atoms with van der Waals surface area (Å²) in [5, 5.41) is 0.538. The molecule has 0 saturated heterocycles. The summed E-state index contributed by atoms with van der Waals surface area (Å²) in [5.41, 5.74) is 2.07. The van der Waals surface area contributed by atoms with Crippen LogP contribution in [0.1, 0.15) is 10.4 Å². The minimum Gasteiger partial charge on any atom is -0.275 e. The van der Waals surface area contributed by atoms with Crippen LogP contribution in [0.15, 0.2) is 84.9 Å². The monoisotopic (exact) mass is 307 g/mol. The van der Waals surface area contributed by atoms with Gasteiger partial charge in [-0.2, -0.15) is 0 Å². The van der Waals surface area contributed by atoms with E-state index in [0.29, 0.717) is 16.3 Å². The first-order chi connectivity index (χ1) is 10.8. The Morgan fingerprint density at radius 3 is 1.91 bits per heavy atom. The van der Waals surface area contributed by atoms with Crippen LogP contribution in [-0.2, 0) is 0 Å². The smallest absolute Gasteiger partial charge is 0.262 e. The van der Waals surface area contributed by atoms with E-state index in [2.05, 4.69) is 0 Å². The Bertz CT molecular complexity index is 772. The molecule has 0 aliphatic rings. The van der Waals surface area contributed by atoms with E-state index < -0.39 is 0 Å². The molecule has 108 valence electrons. The van der Waals surface area contributed by atoms with Crippen LogP contribution in [0, 0.1) is 0 Å². The first-order valence-electron chi connectivity index (χ1n) is 6.96. The standard InChI is InChI=1S/C19H14ClNO/c20-17-13-7-8-14-18(17)21(16-11-5-2-6-12-16)19(22)15-9-3-1-4-10-15/h1-14H. The molecule has 0 aromatic heterocycles. The molecule has 3 heteroatoms. The van der Waals surface area contributed by atoms with Gasteiger partial charge in [-0.1, -0.05) is 60.1 Å². The largest absolute Gasteiger partial charge is 0.275 e. The fourth-order valence-electron chi connectivity index (χ4n) is 2.29. The third kappa shape index (κ3) is 2.87. The number of carbonyl (C=O) groups excluding carboxylic acids is 1. The van der Waals surface area contributed by atoms with Crippen molar-refractivity contribution >= 4 is 28.9 Å². The van der Waals surface area contributed by atoms with Gasteiger partial charge in [0.05, 0.1) is 10.7 Å². The zero-order chi connectivity index (χ0) is 15.4. The SMILES string of the molecule is O=C(c1ccccc1)N(c1ccccc1)c1ccccc1Cl. The molecule has 1 amide bonds. The molecule has 0 unspecified atom stereocenters. The van der Waals surface area contributed by atoms with Gasteiger partial charge in [-0.05, 0) is 36.4 Å². The van der Waals surface area contributed by atoms with Gasteiger partial charge in [0.2, 0.25) is 0 Å². The molecule has 0 aliphatic heterocycles. The molecule has 0 heterocycles. The van der Waals surface area contributed by atoms with Gasteiger partial charge in [-0.15, -0.1) is 0 Å². The number of hydrogen-bond donors (Lipinski definition) is 0. The maximum absolute atomic E-state index is 13.0. The second kappa shape index (κ2) is 6.46. The number of nitrogens with zero attached hydrogens (tertiary/aromatic N) is 1. The number of benzene rings is 3. The zero-order valence-corrected chi connectivity index (χ0v) is 12.6. The number of para-hydroxylation sites is 2. The van der Waals surface area contributed by atoms with Crippen LogP contribution in [0.3, 0.4) is 0 Å². The maximum atomic E-state index is 13.0. The van der Waals surface area contributed by atoms with Gasteiger partial charge < -0.3 is 0 Å². The fourth-order valence-corrected chi connectivity index (χ4v) is 2.51. The summed E-state index contributed by atoms with van der Waals surface area (Å²) in [4.78, 5) is 14.6. The van der Waals surface area contributed by atoms with Crippen LogP contribution in [0.5, 0.6) is 0 Å². The lowest BCUT2D eigenvalue weighted by Gasteiger charge is -2.24. The molecule has 0 fully saturated rings. The summed E-state index contributed by atoms with van der Waals surface area (Å²) in [5.74, 6) is -0.111. The quantitative estimate of drug-likeness (QED) is 0.641. The highest BCUT2D eigenvalue weighted by Gasteiger charge is 2.21. The predicted octanol–water partition coefficient (Wildman–Crippen LogP) is 5.32. The number of rotatable bonds is 3. The van der Waals surface area contributed by atoms with E-state index in [1.54, 1.807) is 23.1 Å². The first-order valence-corrected chi connectivity index (χ1v) is 7.34. The lowest BCUT2D eigenvalue weighted by Crippen LogP contribution is -2.26. The van der Waals surface area contributed by atoms with E-state index in [-0.39, 0.29) is 5.91 Å². The summed E-state index contributed by atoms with van der Waals surface area (Å²) in [6.07, 6.45) is 0. The Hall–Kier alpha value is -2.58. The zero-order valence-electron chi connectivity index (χ0n) is 11.8. The van der Waals surface area contributed by atoms with Crippen LogP contribution >= 0.6 is 11.6 Å². The molecule has 0 radical (unpaired) electrons. The van der Waals surface area contributed by atoms with Gasteiger partial charge >= 0.3 is 0 Å². The van der Waals surface area contributed by atoms with Gasteiger partial charge in [0.25, 0.3) is 5.91 Å². The van der Waals surface area contributed by atoms with Crippen LogP contribution < -0.4 is 4.90 Å². The third-order valence-electron chi connectivity index (χ3n) is 3.33. The van der Waals surface area contributed by atoms with Crippen LogP contribution in [-0.4, -0.2) is 5.91 Å². The van der Waals surface area contributed by atoms with E-state index in [9.17, 15) is 4.79 Å². The van der Waals surface area contributed by atoms with Crippen LogP contribution in [0.4, 0.5) is 11.4 Å². The van der Waals surface area contributed by atoms with Crippen molar-refractivity contribution in [1.29, 1.82) is 0 Å². The minimum absolute atomic E-state index is 0.111. The van der Waals surface area contributed by atoms with E-state index in [0.717, 1.165) is 5.69 Å². The van der Waals surface area contributed by atoms with Crippen molar-refractivity contribution in [2.45, 2.75) is 0 Å². The molecule has 0 saturated carbocycles. The highest BCUT2D eigenvalue weighted by Crippen LogP contribution is 2.32. The Morgan fingerprint density at radius 2 is 1.27 bits per heavy atom. The predicted molar refractivity (Wildman–Crippen MR) is 90.8 cm³/mol. The Morgan fingerprint density at radius 1 is 0.727 bits per heavy atom. The van der Waals surface area contributed by atoms with Crippen molar-refractivity contribution < 1.29 is 4.79 Å². The number of halogens is 1. The van der Waals surface area contributed by atoms with Crippen molar-refractivity contribution in [3.05, 3.63) is 95.5 Å². The molecule has 0 bridgehead atoms. The lowest BCUT2D eigenvalue weighted by atomic mass is 10.1. The molecule has 3 aromatic carbocycles. The van der Waals surface area contributed by atoms with E-state index in [1.165, 1.54) is 0 Å². The maximum Gasteiger partial charge on any atom is 0.262 e. The molecule has 0 aliphatic carbocycles. The highest BCUT2D eigenvalue weighted by molar-refractivity contribution is 6.34. The summed E-state index contributed by atoms with van der Waals surface area (Å²) in [6.45, 7) is 0. The molecule has 22 heavy (non-hydrogen) atoms. The molecule has 3 aromatic rings. The van der Waals surface area contributed by atoms with Crippen molar-refractivity contribution in [3.8, 4) is 0 Å². The van der Waals surface area contributed by atoms with Gasteiger partial charge in [0, 0.05) is 11.3 Å². The topological polar surface area (TPSA) is 20.3 Å². The van der Waals surface area contributed by atoms with Crippen LogP contribution in [0.25, 0.3) is 0 Å². The number of amides is 1. The Balaban J connectivity index is 2.12. The molecule has 0 atom stereocenters. The normalized spacial score (nSPS) is 10.2. The summed E-state index contributed by atoms with van der Waals surface area (Å²) >= 11 is 6.31. The average Bonchev–Trinajstić information content (AvgIpc) is 2.58. The van der Waals surface area contributed by atoms with E-state index in [4.69, 9.17) is 11.6 Å². The molecular weight excluding hydrogens is 294 g/mol. The molecule has 0 N–H and O–H groups in total. The summed E-state index contributed by atoms with van der Waals surface area (Å²) < 4.78 is 0. The van der Waals surface area contributed by atoms with Gasteiger partial charge in [0.15, 0.2) is 0 Å². The summed E-state index contributed by atoms with van der Waals surface area (Å²) in [6, 6.07) is 26.0. The molecule has 2 nitrogen and oxygen atoms in total. The van der Waals surface area contributed by atoms with Gasteiger partial charge in [-0.25, -0.2) is 0 Å². The van der Waals surface area contributed by atoms with Crippen molar-refractivity contribution in [3.63, 3.8) is 0 Å². The Kier molecular flexibility index (Phi) is 4.22. The lowest BCUT2D eigenvalue weighted by molar-refractivity contribution is 0.0999. The van der Waals surface area contributed by atoms with Gasteiger partial charge in [-0.3, -0.25) is 9.69 Å². The second-order valence-corrected chi connectivity index (χ2v) is 5.20. The van der Waals surface area contributed by atoms with Gasteiger partial charge in [0.1, 0.15) is 0 Å². The number of hydrogen-bond acceptors (Lipinski definition) is 1.